The van der Waals surface area contributed by atoms with Crippen molar-refractivity contribution in [1.82, 2.24) is 9.80 Å². The van der Waals surface area contributed by atoms with Gasteiger partial charge in [0.15, 0.2) is 17.6 Å². The van der Waals surface area contributed by atoms with Gasteiger partial charge in [-0.25, -0.2) is 0 Å². The zero-order chi connectivity index (χ0) is 21.6. The number of carbonyl (C=O) groups excluding carboxylic acids is 1. The predicted molar refractivity (Wildman–Crippen MR) is 120 cm³/mol. The molecule has 0 aromatic heterocycles. The molecule has 7 heteroatoms. The second kappa shape index (κ2) is 9.92. The highest BCUT2D eigenvalue weighted by molar-refractivity contribution is 5.78. The molecule has 2 aliphatic heterocycles. The first-order valence-corrected chi connectivity index (χ1v) is 11.1. The minimum atomic E-state index is -0.164. The number of fused-ring (bicyclic) bond motifs is 1. The molecule has 0 spiro atoms. The van der Waals surface area contributed by atoms with Crippen LogP contribution in [0, 0.1) is 0 Å². The van der Waals surface area contributed by atoms with Crippen molar-refractivity contribution in [2.45, 2.75) is 19.4 Å². The van der Waals surface area contributed by atoms with Crippen molar-refractivity contribution in [3.63, 3.8) is 0 Å². The molecule has 1 fully saturated rings. The highest BCUT2D eigenvalue weighted by Gasteiger charge is 2.27. The number of piperazine rings is 1. The van der Waals surface area contributed by atoms with Gasteiger partial charge >= 0.3 is 0 Å². The number of rotatable bonds is 7. The van der Waals surface area contributed by atoms with Gasteiger partial charge in [0.25, 0.3) is 0 Å². The number of amides is 1. The largest absolute Gasteiger partial charge is 0.506 e. The lowest BCUT2D eigenvalue weighted by atomic mass is 10.2. The number of hydrogen-bond donors (Lipinski definition) is 1. The fourth-order valence-electron chi connectivity index (χ4n) is 4.16. The smallest absolute Gasteiger partial charge is 0.236 e. The molecular weight excluding hydrogens is 394 g/mol. The molecule has 2 aromatic rings. The first kappa shape index (κ1) is 21.3. The Bertz CT molecular complexity index is 883. The number of hydrogen-bond acceptors (Lipinski definition) is 6. The quantitative estimate of drug-likeness (QED) is 0.736. The number of carbonyl (C=O) groups is 1. The Kier molecular flexibility index (Phi) is 6.82. The second-order valence-electron chi connectivity index (χ2n) is 8.09. The van der Waals surface area contributed by atoms with Crippen LogP contribution in [0.4, 0.5) is 5.69 Å². The maximum absolute atomic E-state index is 13.1. The van der Waals surface area contributed by atoms with Crippen molar-refractivity contribution in [1.29, 1.82) is 0 Å². The van der Waals surface area contributed by atoms with Crippen LogP contribution < -0.4 is 14.4 Å². The van der Waals surface area contributed by atoms with E-state index in [1.807, 2.05) is 47.4 Å². The summed E-state index contributed by atoms with van der Waals surface area (Å²) in [5, 5.41) is 10.1. The van der Waals surface area contributed by atoms with E-state index < -0.39 is 0 Å². The Morgan fingerprint density at radius 3 is 2.52 bits per heavy atom. The van der Waals surface area contributed by atoms with E-state index in [-0.39, 0.29) is 12.0 Å². The van der Waals surface area contributed by atoms with Gasteiger partial charge in [-0.15, -0.1) is 0 Å². The van der Waals surface area contributed by atoms with Crippen molar-refractivity contribution in [2.75, 3.05) is 57.3 Å². The molecule has 31 heavy (non-hydrogen) atoms. The summed E-state index contributed by atoms with van der Waals surface area (Å²) >= 11 is 0. The lowest BCUT2D eigenvalue weighted by Gasteiger charge is -2.37. The SMILES string of the molecule is CCCN(C[C@@H]1COc2ccccc2O1)C(=O)CN1CCN(c2ccccc2O)CC1. The van der Waals surface area contributed by atoms with Crippen molar-refractivity contribution in [3.05, 3.63) is 48.5 Å². The minimum Gasteiger partial charge on any atom is -0.506 e. The molecule has 0 aliphatic carbocycles. The number of nitrogens with zero attached hydrogens (tertiary/aromatic N) is 3. The highest BCUT2D eigenvalue weighted by Crippen LogP contribution is 2.31. The van der Waals surface area contributed by atoms with Gasteiger partial charge in [-0.3, -0.25) is 9.69 Å². The summed E-state index contributed by atoms with van der Waals surface area (Å²) in [4.78, 5) is 19.3. The fraction of sp³-hybridized carbons (Fsp3) is 0.458. The summed E-state index contributed by atoms with van der Waals surface area (Å²) in [6, 6.07) is 15.1. The molecule has 0 bridgehead atoms. The van der Waals surface area contributed by atoms with Crippen LogP contribution in [-0.4, -0.2) is 79.3 Å². The Labute approximate surface area is 183 Å². The third-order valence-corrected chi connectivity index (χ3v) is 5.79. The Morgan fingerprint density at radius 2 is 1.77 bits per heavy atom. The number of ether oxygens (including phenoxy) is 2. The van der Waals surface area contributed by atoms with Gasteiger partial charge in [0.2, 0.25) is 5.91 Å². The molecule has 4 rings (SSSR count). The minimum absolute atomic E-state index is 0.125. The summed E-state index contributed by atoms with van der Waals surface area (Å²) in [7, 11) is 0. The number of anilines is 1. The van der Waals surface area contributed by atoms with Crippen LogP contribution in [0.3, 0.4) is 0 Å². The monoisotopic (exact) mass is 425 g/mol. The van der Waals surface area contributed by atoms with Crippen LogP contribution in [0.15, 0.2) is 48.5 Å². The number of para-hydroxylation sites is 4. The molecule has 0 saturated carbocycles. The zero-order valence-corrected chi connectivity index (χ0v) is 18.1. The average molecular weight is 426 g/mol. The van der Waals surface area contributed by atoms with E-state index in [1.165, 1.54) is 0 Å². The zero-order valence-electron chi connectivity index (χ0n) is 18.1. The maximum atomic E-state index is 13.1. The average Bonchev–Trinajstić information content (AvgIpc) is 2.80. The van der Waals surface area contributed by atoms with Gasteiger partial charge in [0.05, 0.1) is 18.8 Å². The molecule has 1 atom stereocenters. The Balaban J connectivity index is 1.30. The van der Waals surface area contributed by atoms with Gasteiger partial charge in [0, 0.05) is 32.7 Å². The van der Waals surface area contributed by atoms with E-state index in [2.05, 4.69) is 16.7 Å². The van der Waals surface area contributed by atoms with Gasteiger partial charge < -0.3 is 24.4 Å². The van der Waals surface area contributed by atoms with Crippen LogP contribution in [0.1, 0.15) is 13.3 Å². The van der Waals surface area contributed by atoms with Gasteiger partial charge in [-0.2, -0.15) is 0 Å². The van der Waals surface area contributed by atoms with Crippen LogP contribution in [0.25, 0.3) is 0 Å². The highest BCUT2D eigenvalue weighted by atomic mass is 16.6. The van der Waals surface area contributed by atoms with Crippen molar-refractivity contribution >= 4 is 11.6 Å². The predicted octanol–water partition coefficient (Wildman–Crippen LogP) is 2.59. The van der Waals surface area contributed by atoms with Crippen LogP contribution in [0.2, 0.25) is 0 Å². The first-order valence-electron chi connectivity index (χ1n) is 11.1. The summed E-state index contributed by atoms with van der Waals surface area (Å²) in [6.07, 6.45) is 0.736. The van der Waals surface area contributed by atoms with E-state index in [0.717, 1.165) is 49.8 Å². The molecule has 166 valence electrons. The number of benzene rings is 2. The van der Waals surface area contributed by atoms with E-state index in [1.54, 1.807) is 6.07 Å². The van der Waals surface area contributed by atoms with Gasteiger partial charge in [0.1, 0.15) is 12.4 Å². The molecule has 2 heterocycles. The Hall–Kier alpha value is -2.93. The first-order chi connectivity index (χ1) is 15.1. The van der Waals surface area contributed by atoms with Crippen LogP contribution >= 0.6 is 0 Å². The summed E-state index contributed by atoms with van der Waals surface area (Å²) < 4.78 is 11.9. The van der Waals surface area contributed by atoms with E-state index >= 15 is 0 Å². The van der Waals surface area contributed by atoms with E-state index in [0.29, 0.717) is 32.0 Å². The number of phenolic OH excluding ortho intramolecular Hbond substituents is 1. The van der Waals surface area contributed by atoms with Gasteiger partial charge in [-0.1, -0.05) is 31.2 Å². The molecule has 1 amide bonds. The van der Waals surface area contributed by atoms with Crippen molar-refractivity contribution in [3.8, 4) is 17.2 Å². The fourth-order valence-corrected chi connectivity index (χ4v) is 4.16. The second-order valence-corrected chi connectivity index (χ2v) is 8.09. The molecule has 7 nitrogen and oxygen atoms in total. The lowest BCUT2D eigenvalue weighted by molar-refractivity contribution is -0.134. The summed E-state index contributed by atoms with van der Waals surface area (Å²) in [5.74, 6) is 1.93. The lowest BCUT2D eigenvalue weighted by Crippen LogP contribution is -2.52. The summed E-state index contributed by atoms with van der Waals surface area (Å²) in [5.41, 5.74) is 0.857. The Morgan fingerprint density at radius 1 is 1.06 bits per heavy atom. The third kappa shape index (κ3) is 5.22. The summed E-state index contributed by atoms with van der Waals surface area (Å²) in [6.45, 7) is 7.31. The molecular formula is C24H31N3O4. The van der Waals surface area contributed by atoms with Crippen LogP contribution in [0.5, 0.6) is 17.2 Å². The van der Waals surface area contributed by atoms with Crippen molar-refractivity contribution < 1.29 is 19.4 Å². The molecule has 0 unspecified atom stereocenters. The number of aromatic hydroxyl groups is 1. The maximum Gasteiger partial charge on any atom is 0.236 e. The molecule has 1 saturated heterocycles. The standard InChI is InChI=1S/C24H31N3O4/c1-2-11-27(16-19-18-30-22-9-5-6-10-23(22)31-19)24(29)17-25-12-14-26(15-13-25)20-7-3-4-8-21(20)28/h3-10,19,28H,2,11-18H2,1H3/t19-/m1/s1. The van der Waals surface area contributed by atoms with E-state index in [9.17, 15) is 9.90 Å². The normalized spacial score (nSPS) is 18.6. The molecule has 2 aromatic carbocycles. The van der Waals surface area contributed by atoms with E-state index in [4.69, 9.17) is 9.47 Å². The molecule has 1 N–H and O–H groups in total. The van der Waals surface area contributed by atoms with Crippen molar-refractivity contribution in [2.24, 2.45) is 0 Å². The topological polar surface area (TPSA) is 65.5 Å². The van der Waals surface area contributed by atoms with Crippen LogP contribution in [-0.2, 0) is 4.79 Å². The molecule has 0 radical (unpaired) electrons. The third-order valence-electron chi connectivity index (χ3n) is 5.79. The van der Waals surface area contributed by atoms with Gasteiger partial charge in [-0.05, 0) is 30.7 Å². The molecule has 2 aliphatic rings. The number of phenols is 1.